The zero-order valence-electron chi connectivity index (χ0n) is 24.6. The first-order valence-corrected chi connectivity index (χ1v) is 17.4. The molecule has 44 heavy (non-hydrogen) atoms. The van der Waals surface area contributed by atoms with Gasteiger partial charge in [0.1, 0.15) is 23.4 Å². The van der Waals surface area contributed by atoms with Crippen LogP contribution in [0.1, 0.15) is 24.8 Å². The number of aliphatic hydroxyl groups excluding tert-OH is 1. The number of piperidine rings is 1. The minimum Gasteiger partial charge on any atom is -0.491 e. The highest BCUT2D eigenvalue weighted by atomic mass is 32.2. The number of nitrogens with two attached hydrogens (primary N) is 1. The van der Waals surface area contributed by atoms with Gasteiger partial charge >= 0.3 is 0 Å². The minimum atomic E-state index is -3.73. The van der Waals surface area contributed by atoms with Crippen LogP contribution in [0.3, 0.4) is 0 Å². The average Bonchev–Trinajstić information content (AvgIpc) is 3.45. The molecule has 2 fully saturated rings. The van der Waals surface area contributed by atoms with Crippen molar-refractivity contribution in [2.75, 3.05) is 39.9 Å². The molecule has 12 nitrogen and oxygen atoms in total. The van der Waals surface area contributed by atoms with E-state index in [-0.39, 0.29) is 29.0 Å². The number of aliphatic hydroxyl groups is 1. The van der Waals surface area contributed by atoms with Gasteiger partial charge in [-0.3, -0.25) is 4.98 Å². The molecule has 238 valence electrons. The third kappa shape index (κ3) is 7.46. The number of rotatable bonds is 12. The zero-order chi connectivity index (χ0) is 31.4. The van der Waals surface area contributed by atoms with Crippen LogP contribution in [-0.4, -0.2) is 88.9 Å². The van der Waals surface area contributed by atoms with Crippen molar-refractivity contribution in [2.24, 2.45) is 5.73 Å². The predicted molar refractivity (Wildman–Crippen MR) is 165 cm³/mol. The van der Waals surface area contributed by atoms with Gasteiger partial charge in [-0.05, 0) is 55.6 Å². The number of pyridine rings is 1. The van der Waals surface area contributed by atoms with E-state index in [9.17, 15) is 21.9 Å². The number of nitrogens with zero attached hydrogens (tertiary/aromatic N) is 2. The van der Waals surface area contributed by atoms with Crippen LogP contribution in [0.4, 0.5) is 0 Å². The fraction of sp³-hybridized carbons (Fsp3) is 0.433. The van der Waals surface area contributed by atoms with Crippen LogP contribution in [0, 0.1) is 0 Å². The van der Waals surface area contributed by atoms with Crippen molar-refractivity contribution in [3.05, 3.63) is 72.6 Å². The summed E-state index contributed by atoms with van der Waals surface area (Å²) >= 11 is 0. The van der Waals surface area contributed by atoms with E-state index in [1.807, 2.05) is 24.3 Å². The molecule has 0 aliphatic carbocycles. The Labute approximate surface area is 258 Å². The lowest BCUT2D eigenvalue weighted by Crippen LogP contribution is -2.47. The highest BCUT2D eigenvalue weighted by Crippen LogP contribution is 2.37. The molecular formula is C30H39N5O7S2. The highest BCUT2D eigenvalue weighted by molar-refractivity contribution is 7.89. The molecule has 1 spiro atoms. The maximum Gasteiger partial charge on any atom is 0.244 e. The summed E-state index contributed by atoms with van der Waals surface area (Å²) < 4.78 is 66.6. The molecule has 0 bridgehead atoms. The van der Waals surface area contributed by atoms with Crippen LogP contribution in [0.2, 0.25) is 0 Å². The lowest BCUT2D eigenvalue weighted by molar-refractivity contribution is -0.0312. The van der Waals surface area contributed by atoms with E-state index < -0.39 is 31.8 Å². The molecular weight excluding hydrogens is 606 g/mol. The van der Waals surface area contributed by atoms with E-state index >= 15 is 0 Å². The molecule has 3 aromatic rings. The van der Waals surface area contributed by atoms with E-state index in [4.69, 9.17) is 15.2 Å². The molecule has 14 heteroatoms. The second-order valence-corrected chi connectivity index (χ2v) is 15.0. The van der Waals surface area contributed by atoms with Gasteiger partial charge in [0.15, 0.2) is 0 Å². The van der Waals surface area contributed by atoms with E-state index in [0.717, 1.165) is 16.7 Å². The third-order valence-electron chi connectivity index (χ3n) is 8.19. The predicted octanol–water partition coefficient (Wildman–Crippen LogP) is 1.46. The topological polar surface area (TPSA) is 173 Å². The molecule has 1 aromatic heterocycles. The normalized spacial score (nSPS) is 19.7. The molecule has 5 N–H and O–H groups in total. The second-order valence-electron chi connectivity index (χ2n) is 11.2. The molecule has 2 saturated heterocycles. The van der Waals surface area contributed by atoms with Gasteiger partial charge in [-0.2, -0.15) is 4.31 Å². The molecule has 2 aliphatic heterocycles. The van der Waals surface area contributed by atoms with Crippen LogP contribution in [-0.2, 0) is 31.3 Å². The van der Waals surface area contributed by atoms with Crippen molar-refractivity contribution in [3.63, 3.8) is 0 Å². The van der Waals surface area contributed by atoms with Gasteiger partial charge < -0.3 is 25.6 Å². The van der Waals surface area contributed by atoms with Gasteiger partial charge in [-0.15, -0.1) is 0 Å². The number of ether oxygens (including phenoxy) is 2. The first-order chi connectivity index (χ1) is 21.0. The summed E-state index contributed by atoms with van der Waals surface area (Å²) in [5.41, 5.74) is 7.85. The lowest BCUT2D eigenvalue weighted by atomic mass is 9.88. The Morgan fingerprint density at radius 3 is 2.52 bits per heavy atom. The third-order valence-corrected chi connectivity index (χ3v) is 11.5. The molecule has 2 aromatic carbocycles. The fourth-order valence-electron chi connectivity index (χ4n) is 5.56. The maximum absolute atomic E-state index is 13.5. The Balaban J connectivity index is 1.10. The Morgan fingerprint density at radius 2 is 1.82 bits per heavy atom. The summed E-state index contributed by atoms with van der Waals surface area (Å²) in [5, 5.41) is 13.8. The first-order valence-electron chi connectivity index (χ1n) is 14.5. The van der Waals surface area contributed by atoms with Gasteiger partial charge in [0, 0.05) is 56.2 Å². The van der Waals surface area contributed by atoms with Crippen molar-refractivity contribution in [3.8, 4) is 16.9 Å². The number of aromatic nitrogens is 1. The lowest BCUT2D eigenvalue weighted by Gasteiger charge is -2.38. The number of hydrogen-bond donors (Lipinski definition) is 4. The minimum absolute atomic E-state index is 0.00319. The zero-order valence-corrected chi connectivity index (χ0v) is 26.2. The Bertz CT molecular complexity index is 1640. The van der Waals surface area contributed by atoms with Gasteiger partial charge in [0.25, 0.3) is 0 Å². The van der Waals surface area contributed by atoms with Crippen LogP contribution < -0.4 is 20.5 Å². The van der Waals surface area contributed by atoms with Crippen LogP contribution in [0.5, 0.6) is 5.75 Å². The Morgan fingerprint density at radius 1 is 1.07 bits per heavy atom. The van der Waals surface area contributed by atoms with Gasteiger partial charge in [-0.1, -0.05) is 30.3 Å². The summed E-state index contributed by atoms with van der Waals surface area (Å²) in [4.78, 5) is 4.45. The number of sulfonamides is 2. The Kier molecular flexibility index (Phi) is 10.0. The summed E-state index contributed by atoms with van der Waals surface area (Å²) in [6.45, 7) is 1.81. The first kappa shape index (κ1) is 32.4. The molecule has 2 aliphatic rings. The average molecular weight is 646 g/mol. The summed E-state index contributed by atoms with van der Waals surface area (Å²) in [7, 11) is -5.99. The monoisotopic (exact) mass is 645 g/mol. The molecule has 2 atom stereocenters. The summed E-state index contributed by atoms with van der Waals surface area (Å²) in [6, 6.07) is 15.4. The van der Waals surface area contributed by atoms with Crippen molar-refractivity contribution in [1.29, 1.82) is 0 Å². The van der Waals surface area contributed by atoms with Crippen LogP contribution in [0.15, 0.2) is 76.8 Å². The van der Waals surface area contributed by atoms with Gasteiger partial charge in [0.2, 0.25) is 20.0 Å². The number of hydrogen-bond acceptors (Lipinski definition) is 10. The van der Waals surface area contributed by atoms with Gasteiger partial charge in [0.05, 0.1) is 17.1 Å². The van der Waals surface area contributed by atoms with E-state index in [0.29, 0.717) is 51.3 Å². The number of benzene rings is 2. The van der Waals surface area contributed by atoms with Crippen LogP contribution >= 0.6 is 0 Å². The molecule has 3 heterocycles. The molecule has 5 rings (SSSR count). The fourth-order valence-corrected chi connectivity index (χ4v) is 7.76. The Hall–Kier alpha value is -2.95. The van der Waals surface area contributed by atoms with Crippen molar-refractivity contribution in [1.82, 2.24) is 19.3 Å². The molecule has 0 radical (unpaired) electrons. The highest BCUT2D eigenvalue weighted by Gasteiger charge is 2.44. The van der Waals surface area contributed by atoms with E-state index in [1.165, 1.54) is 29.7 Å². The van der Waals surface area contributed by atoms with Crippen molar-refractivity contribution in [2.45, 2.75) is 53.3 Å². The quantitative estimate of drug-likeness (QED) is 0.226. The van der Waals surface area contributed by atoms with Crippen LogP contribution in [0.25, 0.3) is 11.1 Å². The largest absolute Gasteiger partial charge is 0.491 e. The second kappa shape index (κ2) is 13.6. The summed E-state index contributed by atoms with van der Waals surface area (Å²) in [5.74, 6) is 0.342. The standard InChI is InChI=1S/C30H39N5O7S2/c1-32-43(37,38)28-4-2-3-27(14-28)41-21-26(36)18-34-25-15-30(42-20-25)9-11-35(12-10-30)44(39,40)29-13-24(17-33-19-29)23-7-5-22(16-31)6-8-23/h2-8,13-14,17,19,25-26,32,34,36H,9-12,15-16,18,20-21,31H2,1H3. The van der Waals surface area contributed by atoms with Gasteiger partial charge in [-0.25, -0.2) is 21.6 Å². The van der Waals surface area contributed by atoms with E-state index in [2.05, 4.69) is 15.0 Å². The SMILES string of the molecule is CNS(=O)(=O)c1cccc(OCC(O)CNC2COC3(CCN(S(=O)(=O)c4cncc(-c5ccc(CN)cc5)c4)CC3)C2)c1. The van der Waals surface area contributed by atoms with Crippen molar-refractivity contribution < 1.29 is 31.4 Å². The number of nitrogens with one attached hydrogen (secondary N) is 2. The van der Waals surface area contributed by atoms with Crippen molar-refractivity contribution >= 4 is 20.0 Å². The molecule has 0 amide bonds. The molecule has 0 saturated carbocycles. The summed E-state index contributed by atoms with van der Waals surface area (Å²) in [6.07, 6.45) is 4.05. The smallest absolute Gasteiger partial charge is 0.244 e. The molecule has 2 unspecified atom stereocenters. The maximum atomic E-state index is 13.5. The van der Waals surface area contributed by atoms with E-state index in [1.54, 1.807) is 24.4 Å².